The first-order valence-electron chi connectivity index (χ1n) is 6.29. The summed E-state index contributed by atoms with van der Waals surface area (Å²) in [5.41, 5.74) is -1.04. The van der Waals surface area contributed by atoms with Crippen molar-refractivity contribution < 1.29 is 18.4 Å². The Labute approximate surface area is 132 Å². The van der Waals surface area contributed by atoms with Gasteiger partial charge in [-0.25, -0.2) is 12.4 Å². The lowest BCUT2D eigenvalue weighted by Gasteiger charge is -2.22. The van der Waals surface area contributed by atoms with Gasteiger partial charge in [0, 0.05) is 17.0 Å². The molecular formula is C13H15ClN2O5S. The van der Waals surface area contributed by atoms with Crippen LogP contribution in [0.5, 0.6) is 0 Å². The maximum absolute atomic E-state index is 12.1. The maximum Gasteiger partial charge on any atom is 0.273 e. The van der Waals surface area contributed by atoms with E-state index in [-0.39, 0.29) is 22.8 Å². The van der Waals surface area contributed by atoms with Gasteiger partial charge < -0.3 is 5.11 Å². The van der Waals surface area contributed by atoms with Crippen molar-refractivity contribution in [3.8, 4) is 0 Å². The van der Waals surface area contributed by atoms with Gasteiger partial charge in [0.05, 0.1) is 28.3 Å². The summed E-state index contributed by atoms with van der Waals surface area (Å²) in [7, 11) is -3.73. The van der Waals surface area contributed by atoms with Crippen molar-refractivity contribution in [2.75, 3.05) is 12.1 Å². The first-order chi connectivity index (χ1) is 9.99. The van der Waals surface area contributed by atoms with E-state index in [1.54, 1.807) is 0 Å². The molecule has 0 fully saturated rings. The van der Waals surface area contributed by atoms with Crippen LogP contribution in [0, 0.1) is 17.0 Å². The van der Waals surface area contributed by atoms with Crippen LogP contribution < -0.4 is 0 Å². The molecule has 0 amide bonds. The Bertz CT molecular complexity index is 870. The SMILES string of the molecule is Cc1cc2c(cc1[N+](=O)[O-])cc(C(C)(O)CCl)n2S(C)(=O)=O. The number of alkyl halides is 1. The lowest BCUT2D eigenvalue weighted by atomic mass is 10.1. The number of aromatic nitrogens is 1. The molecular weight excluding hydrogens is 332 g/mol. The van der Waals surface area contributed by atoms with Gasteiger partial charge >= 0.3 is 0 Å². The van der Waals surface area contributed by atoms with Gasteiger partial charge in [0.2, 0.25) is 10.0 Å². The number of nitro benzene ring substituents is 1. The quantitative estimate of drug-likeness (QED) is 0.519. The number of benzene rings is 1. The summed E-state index contributed by atoms with van der Waals surface area (Å²) >= 11 is 5.72. The van der Waals surface area contributed by atoms with Crippen LogP contribution in [0.1, 0.15) is 18.2 Å². The van der Waals surface area contributed by atoms with Gasteiger partial charge in [-0.2, -0.15) is 0 Å². The van der Waals surface area contributed by atoms with Gasteiger partial charge in [-0.05, 0) is 26.0 Å². The summed E-state index contributed by atoms with van der Waals surface area (Å²) in [6, 6.07) is 4.12. The van der Waals surface area contributed by atoms with E-state index in [1.165, 1.54) is 32.0 Å². The molecule has 2 rings (SSSR count). The Kier molecular flexibility index (Phi) is 3.97. The fourth-order valence-electron chi connectivity index (χ4n) is 2.32. The summed E-state index contributed by atoms with van der Waals surface area (Å²) in [6.45, 7) is 2.91. The molecule has 0 bridgehead atoms. The summed E-state index contributed by atoms with van der Waals surface area (Å²) in [5, 5.41) is 21.7. The highest BCUT2D eigenvalue weighted by molar-refractivity contribution is 7.89. The summed E-state index contributed by atoms with van der Waals surface area (Å²) in [5.74, 6) is -0.222. The maximum atomic E-state index is 12.1. The fraction of sp³-hybridized carbons (Fsp3) is 0.385. The predicted octanol–water partition coefficient (Wildman–Crippen LogP) is 2.11. The Morgan fingerprint density at radius 2 is 2.00 bits per heavy atom. The molecule has 1 atom stereocenters. The molecule has 0 spiro atoms. The zero-order valence-electron chi connectivity index (χ0n) is 12.2. The van der Waals surface area contributed by atoms with Crippen LogP contribution in [-0.2, 0) is 15.6 Å². The number of nitro groups is 1. The third kappa shape index (κ3) is 2.69. The lowest BCUT2D eigenvalue weighted by Crippen LogP contribution is -2.29. The molecule has 0 aliphatic carbocycles. The average Bonchev–Trinajstić information content (AvgIpc) is 2.76. The first kappa shape index (κ1) is 16.7. The van der Waals surface area contributed by atoms with Crippen LogP contribution in [0.25, 0.3) is 10.9 Å². The van der Waals surface area contributed by atoms with Crippen molar-refractivity contribution >= 4 is 38.2 Å². The molecule has 1 unspecified atom stereocenters. The first-order valence-corrected chi connectivity index (χ1v) is 8.67. The molecule has 9 heteroatoms. The number of aliphatic hydroxyl groups is 1. The van der Waals surface area contributed by atoms with Gasteiger partial charge in [-0.3, -0.25) is 10.1 Å². The normalized spacial score (nSPS) is 15.0. The van der Waals surface area contributed by atoms with E-state index in [2.05, 4.69) is 0 Å². The Hall–Kier alpha value is -1.64. The Balaban J connectivity index is 2.96. The zero-order valence-corrected chi connectivity index (χ0v) is 13.8. The molecule has 0 saturated carbocycles. The Morgan fingerprint density at radius 3 is 2.45 bits per heavy atom. The zero-order chi connectivity index (χ0) is 16.9. The minimum absolute atomic E-state index is 0.0693. The van der Waals surface area contributed by atoms with E-state index in [9.17, 15) is 23.6 Å². The largest absolute Gasteiger partial charge is 0.383 e. The average molecular weight is 347 g/mol. The predicted molar refractivity (Wildman–Crippen MR) is 83.9 cm³/mol. The second-order valence-corrected chi connectivity index (χ2v) is 7.52. The van der Waals surface area contributed by atoms with Gasteiger partial charge in [-0.1, -0.05) is 0 Å². The van der Waals surface area contributed by atoms with E-state index >= 15 is 0 Å². The van der Waals surface area contributed by atoms with Gasteiger partial charge in [0.25, 0.3) is 5.69 Å². The Morgan fingerprint density at radius 1 is 1.41 bits per heavy atom. The summed E-state index contributed by atoms with van der Waals surface area (Å²) in [6.07, 6.45) is 0.997. The molecule has 0 aliphatic heterocycles. The highest BCUT2D eigenvalue weighted by Gasteiger charge is 2.31. The van der Waals surface area contributed by atoms with Crippen molar-refractivity contribution in [3.05, 3.63) is 39.6 Å². The third-order valence-electron chi connectivity index (χ3n) is 3.42. The van der Waals surface area contributed by atoms with Gasteiger partial charge in [0.15, 0.2) is 0 Å². The number of nitrogens with zero attached hydrogens (tertiary/aromatic N) is 2. The molecule has 0 radical (unpaired) electrons. The van der Waals surface area contributed by atoms with Crippen LogP contribution in [0.2, 0.25) is 0 Å². The molecule has 7 nitrogen and oxygen atoms in total. The van der Waals surface area contributed by atoms with E-state index in [0.717, 1.165) is 10.2 Å². The van der Waals surface area contributed by atoms with E-state index in [1.807, 2.05) is 0 Å². The lowest BCUT2D eigenvalue weighted by molar-refractivity contribution is -0.385. The van der Waals surface area contributed by atoms with Gasteiger partial charge in [0.1, 0.15) is 5.60 Å². The third-order valence-corrected chi connectivity index (χ3v) is 4.99. The highest BCUT2D eigenvalue weighted by Crippen LogP contribution is 2.33. The number of hydrogen-bond donors (Lipinski definition) is 1. The fourth-order valence-corrected chi connectivity index (χ4v) is 3.58. The van der Waals surface area contributed by atoms with Crippen molar-refractivity contribution in [1.29, 1.82) is 0 Å². The summed E-state index contributed by atoms with van der Waals surface area (Å²) in [4.78, 5) is 10.5. The van der Waals surface area contributed by atoms with Crippen molar-refractivity contribution in [2.45, 2.75) is 19.4 Å². The smallest absolute Gasteiger partial charge is 0.273 e. The number of rotatable bonds is 4. The van der Waals surface area contributed by atoms with Crippen LogP contribution in [0.4, 0.5) is 5.69 Å². The second kappa shape index (κ2) is 5.22. The van der Waals surface area contributed by atoms with Gasteiger partial charge in [-0.15, -0.1) is 11.6 Å². The molecule has 1 aromatic carbocycles. The summed E-state index contributed by atoms with van der Waals surface area (Å²) < 4.78 is 25.2. The number of fused-ring (bicyclic) bond motifs is 1. The van der Waals surface area contributed by atoms with E-state index in [4.69, 9.17) is 11.6 Å². The monoisotopic (exact) mass is 346 g/mol. The molecule has 0 aliphatic rings. The highest BCUT2D eigenvalue weighted by atomic mass is 35.5. The number of halogens is 1. The van der Waals surface area contributed by atoms with Crippen LogP contribution in [-0.4, -0.2) is 34.6 Å². The van der Waals surface area contributed by atoms with E-state index < -0.39 is 20.5 Å². The van der Waals surface area contributed by atoms with Crippen molar-refractivity contribution in [2.24, 2.45) is 0 Å². The molecule has 0 saturated heterocycles. The number of hydrogen-bond acceptors (Lipinski definition) is 5. The topological polar surface area (TPSA) is 102 Å². The molecule has 120 valence electrons. The van der Waals surface area contributed by atoms with Crippen molar-refractivity contribution in [3.63, 3.8) is 0 Å². The van der Waals surface area contributed by atoms with Crippen LogP contribution in [0.3, 0.4) is 0 Å². The number of aryl methyl sites for hydroxylation is 1. The van der Waals surface area contributed by atoms with Crippen molar-refractivity contribution in [1.82, 2.24) is 3.97 Å². The molecule has 1 heterocycles. The van der Waals surface area contributed by atoms with E-state index in [0.29, 0.717) is 10.9 Å². The second-order valence-electron chi connectivity index (χ2n) is 5.42. The van der Waals surface area contributed by atoms with Crippen LogP contribution >= 0.6 is 11.6 Å². The minimum atomic E-state index is -3.73. The minimum Gasteiger partial charge on any atom is -0.383 e. The molecule has 1 N–H and O–H groups in total. The standard InChI is InChI=1S/C13H15ClN2O5S/c1-8-4-11-9(5-10(8)16(18)19)6-12(13(2,17)7-14)15(11)22(3,20)21/h4-6,17H,7H2,1-3H3. The molecule has 2 aromatic rings. The van der Waals surface area contributed by atoms with Crippen LogP contribution in [0.15, 0.2) is 18.2 Å². The molecule has 22 heavy (non-hydrogen) atoms. The molecule has 1 aromatic heterocycles.